The van der Waals surface area contributed by atoms with Crippen molar-refractivity contribution >= 4 is 18.0 Å². The van der Waals surface area contributed by atoms with E-state index >= 15 is 0 Å². The van der Waals surface area contributed by atoms with Crippen molar-refractivity contribution in [1.29, 1.82) is 0 Å². The van der Waals surface area contributed by atoms with Gasteiger partial charge in [-0.15, -0.1) is 0 Å². The third kappa shape index (κ3) is 6.10. The van der Waals surface area contributed by atoms with E-state index in [0.29, 0.717) is 6.42 Å². The molecule has 2 aromatic rings. The van der Waals surface area contributed by atoms with Crippen LogP contribution in [0.4, 0.5) is 4.79 Å². The first-order valence-electron chi connectivity index (χ1n) is 11.1. The van der Waals surface area contributed by atoms with Crippen molar-refractivity contribution in [3.05, 3.63) is 59.7 Å². The number of ether oxygens (including phenoxy) is 2. The molecule has 0 fully saturated rings. The van der Waals surface area contributed by atoms with E-state index in [0.717, 1.165) is 22.3 Å². The molecule has 0 saturated carbocycles. The van der Waals surface area contributed by atoms with Gasteiger partial charge in [0.05, 0.1) is 0 Å². The summed E-state index contributed by atoms with van der Waals surface area (Å²) in [6, 6.07) is 14.6. The monoisotopic (exact) mass is 454 g/mol. The number of nitrogens with one attached hydrogen (secondary N) is 2. The van der Waals surface area contributed by atoms with Crippen LogP contribution in [0.2, 0.25) is 0 Å². The molecular weight excluding hydrogens is 424 g/mol. The maximum Gasteiger partial charge on any atom is 0.407 e. The molecule has 8 nitrogen and oxygen atoms in total. The number of carboxylic acids is 1. The molecule has 0 heterocycles. The fourth-order valence-corrected chi connectivity index (χ4v) is 4.07. The van der Waals surface area contributed by atoms with Gasteiger partial charge in [0.15, 0.2) is 0 Å². The molecule has 3 rings (SSSR count). The number of hydrogen-bond acceptors (Lipinski definition) is 5. The van der Waals surface area contributed by atoms with Crippen molar-refractivity contribution < 1.29 is 29.0 Å². The molecule has 0 aliphatic heterocycles. The van der Waals surface area contributed by atoms with Crippen LogP contribution < -0.4 is 10.6 Å². The molecule has 0 saturated heterocycles. The molecule has 0 bridgehead atoms. The van der Waals surface area contributed by atoms with Crippen LogP contribution in [0.3, 0.4) is 0 Å². The van der Waals surface area contributed by atoms with Crippen molar-refractivity contribution in [1.82, 2.24) is 10.6 Å². The van der Waals surface area contributed by atoms with Crippen LogP contribution in [0.5, 0.6) is 0 Å². The third-order valence-electron chi connectivity index (χ3n) is 5.83. The summed E-state index contributed by atoms with van der Waals surface area (Å²) in [6.45, 7) is 2.23. The molecule has 0 radical (unpaired) electrons. The molecule has 1 aliphatic rings. The number of amides is 2. The average Bonchev–Trinajstić information content (AvgIpc) is 3.13. The molecule has 33 heavy (non-hydrogen) atoms. The highest BCUT2D eigenvalue weighted by molar-refractivity contribution is 5.84. The normalized spacial score (nSPS) is 14.0. The summed E-state index contributed by atoms with van der Waals surface area (Å²) in [5.74, 6) is -1.63. The van der Waals surface area contributed by atoms with E-state index < -0.39 is 30.1 Å². The lowest BCUT2D eigenvalue weighted by Gasteiger charge is -2.20. The number of rotatable bonds is 11. The van der Waals surface area contributed by atoms with Gasteiger partial charge < -0.3 is 25.2 Å². The lowest BCUT2D eigenvalue weighted by molar-refractivity contribution is -0.142. The summed E-state index contributed by atoms with van der Waals surface area (Å²) in [5, 5.41) is 14.4. The SMILES string of the molecule is CC[C@H](CC(=O)NC(CCOC)C(=O)O)NC(=O)OCC1c2ccccc2-c2ccccc21. The van der Waals surface area contributed by atoms with Crippen LogP contribution in [0, 0.1) is 0 Å². The lowest BCUT2D eigenvalue weighted by atomic mass is 9.98. The Morgan fingerprint density at radius 1 is 1.00 bits per heavy atom. The van der Waals surface area contributed by atoms with Crippen LogP contribution in [0.1, 0.15) is 43.2 Å². The van der Waals surface area contributed by atoms with Gasteiger partial charge in [-0.05, 0) is 28.7 Å². The first kappa shape index (κ1) is 24.3. The zero-order valence-corrected chi connectivity index (χ0v) is 18.9. The van der Waals surface area contributed by atoms with Crippen molar-refractivity contribution in [2.75, 3.05) is 20.3 Å². The van der Waals surface area contributed by atoms with Gasteiger partial charge in [-0.25, -0.2) is 9.59 Å². The Kier molecular flexibility index (Phi) is 8.43. The molecule has 1 aliphatic carbocycles. The molecule has 8 heteroatoms. The van der Waals surface area contributed by atoms with E-state index in [4.69, 9.17) is 9.47 Å². The topological polar surface area (TPSA) is 114 Å². The number of hydrogen-bond donors (Lipinski definition) is 3. The summed E-state index contributed by atoms with van der Waals surface area (Å²) in [6.07, 6.45) is 0.00432. The number of aliphatic carboxylic acids is 1. The van der Waals surface area contributed by atoms with Gasteiger partial charge in [0, 0.05) is 38.5 Å². The lowest BCUT2D eigenvalue weighted by Crippen LogP contribution is -2.45. The Morgan fingerprint density at radius 2 is 1.61 bits per heavy atom. The first-order valence-corrected chi connectivity index (χ1v) is 11.1. The predicted molar refractivity (Wildman–Crippen MR) is 123 cm³/mol. The molecule has 176 valence electrons. The second kappa shape index (κ2) is 11.5. The van der Waals surface area contributed by atoms with E-state index in [1.165, 1.54) is 7.11 Å². The quantitative estimate of drug-likeness (QED) is 0.480. The molecule has 2 amide bonds. The Labute approximate surface area is 193 Å². The number of fused-ring (bicyclic) bond motifs is 3. The predicted octanol–water partition coefficient (Wildman–Crippen LogP) is 3.30. The molecular formula is C25H30N2O6. The fraction of sp³-hybridized carbons (Fsp3) is 0.400. The summed E-state index contributed by atoms with van der Waals surface area (Å²) >= 11 is 0. The van der Waals surface area contributed by atoms with Crippen molar-refractivity contribution in [3.63, 3.8) is 0 Å². The van der Waals surface area contributed by atoms with E-state index in [2.05, 4.69) is 22.8 Å². The highest BCUT2D eigenvalue weighted by atomic mass is 16.5. The minimum Gasteiger partial charge on any atom is -0.480 e. The van der Waals surface area contributed by atoms with Crippen LogP contribution >= 0.6 is 0 Å². The van der Waals surface area contributed by atoms with Crippen LogP contribution in [-0.2, 0) is 19.1 Å². The number of carboxylic acid groups (broad SMARTS) is 1. The van der Waals surface area contributed by atoms with E-state index in [-0.39, 0.29) is 32.0 Å². The number of carbonyl (C=O) groups excluding carboxylic acids is 2. The van der Waals surface area contributed by atoms with Crippen molar-refractivity contribution in [2.45, 2.75) is 44.2 Å². The highest BCUT2D eigenvalue weighted by Gasteiger charge is 2.29. The summed E-state index contributed by atoms with van der Waals surface area (Å²) in [4.78, 5) is 36.1. The molecule has 0 aromatic heterocycles. The Balaban J connectivity index is 1.54. The van der Waals surface area contributed by atoms with Gasteiger partial charge in [0.25, 0.3) is 0 Å². The number of benzene rings is 2. The number of carbonyl (C=O) groups is 3. The minimum absolute atomic E-state index is 0.0442. The Morgan fingerprint density at radius 3 is 2.15 bits per heavy atom. The second-order valence-corrected chi connectivity index (χ2v) is 8.02. The van der Waals surface area contributed by atoms with Gasteiger partial charge in [-0.3, -0.25) is 4.79 Å². The largest absolute Gasteiger partial charge is 0.480 e. The van der Waals surface area contributed by atoms with Crippen LogP contribution in [0.25, 0.3) is 11.1 Å². The van der Waals surface area contributed by atoms with E-state index in [1.54, 1.807) is 0 Å². The highest BCUT2D eigenvalue weighted by Crippen LogP contribution is 2.44. The van der Waals surface area contributed by atoms with Crippen LogP contribution in [-0.4, -0.2) is 55.5 Å². The smallest absolute Gasteiger partial charge is 0.407 e. The molecule has 2 atom stereocenters. The van der Waals surface area contributed by atoms with Gasteiger partial charge >= 0.3 is 12.1 Å². The zero-order valence-electron chi connectivity index (χ0n) is 18.9. The van der Waals surface area contributed by atoms with Gasteiger partial charge in [-0.1, -0.05) is 55.5 Å². The Hall–Kier alpha value is -3.39. The Bertz CT molecular complexity index is 947. The first-order chi connectivity index (χ1) is 15.9. The number of alkyl carbamates (subject to hydrolysis) is 1. The van der Waals surface area contributed by atoms with E-state index in [9.17, 15) is 19.5 Å². The average molecular weight is 455 g/mol. The standard InChI is InChI=1S/C25H30N2O6/c1-3-16(14-23(28)27-22(24(29)30)12-13-32-2)26-25(31)33-15-21-19-10-6-4-8-17(19)18-9-5-7-11-20(18)21/h4-11,16,21-22H,3,12-15H2,1-2H3,(H,26,31)(H,27,28)(H,29,30)/t16-,22?/m1/s1. The molecule has 0 spiro atoms. The third-order valence-corrected chi connectivity index (χ3v) is 5.83. The maximum absolute atomic E-state index is 12.5. The van der Waals surface area contributed by atoms with Crippen molar-refractivity contribution in [3.8, 4) is 11.1 Å². The summed E-state index contributed by atoms with van der Waals surface area (Å²) in [5.41, 5.74) is 4.53. The molecule has 1 unspecified atom stereocenters. The van der Waals surface area contributed by atoms with E-state index in [1.807, 2.05) is 43.3 Å². The summed E-state index contributed by atoms with van der Waals surface area (Å²) in [7, 11) is 1.46. The number of methoxy groups -OCH3 is 1. The van der Waals surface area contributed by atoms with Gasteiger partial charge in [-0.2, -0.15) is 0 Å². The zero-order chi connectivity index (χ0) is 23.8. The molecule has 3 N–H and O–H groups in total. The van der Waals surface area contributed by atoms with Crippen molar-refractivity contribution in [2.24, 2.45) is 0 Å². The minimum atomic E-state index is -1.13. The van der Waals surface area contributed by atoms with Gasteiger partial charge in [0.1, 0.15) is 12.6 Å². The maximum atomic E-state index is 12.5. The molecule has 2 aromatic carbocycles. The fourth-order valence-electron chi connectivity index (χ4n) is 4.07. The van der Waals surface area contributed by atoms with Gasteiger partial charge in [0.2, 0.25) is 5.91 Å². The van der Waals surface area contributed by atoms with Crippen LogP contribution in [0.15, 0.2) is 48.5 Å². The summed E-state index contributed by atoms with van der Waals surface area (Å²) < 4.78 is 10.4. The second-order valence-electron chi connectivity index (χ2n) is 8.02.